The zero-order valence-corrected chi connectivity index (χ0v) is 15.8. The summed E-state index contributed by atoms with van der Waals surface area (Å²) in [6, 6.07) is 13.2. The Bertz CT molecular complexity index is 913. The lowest BCUT2D eigenvalue weighted by Gasteiger charge is -2.33. The van der Waals surface area contributed by atoms with Crippen LogP contribution in [0.5, 0.6) is 5.75 Å². The lowest BCUT2D eigenvalue weighted by atomic mass is 10.1. The van der Waals surface area contributed by atoms with Crippen molar-refractivity contribution in [2.75, 3.05) is 21.7 Å². The molecule has 0 spiro atoms. The van der Waals surface area contributed by atoms with Crippen molar-refractivity contribution in [1.82, 2.24) is 0 Å². The fraction of sp³-hybridized carbons (Fsp3) is 0.278. The molecule has 1 aliphatic heterocycles. The normalized spacial score (nSPS) is 21.3. The highest BCUT2D eigenvalue weighted by Crippen LogP contribution is 2.28. The largest absolute Gasteiger partial charge is 0.508 e. The topological polar surface area (TPSA) is 89.9 Å². The summed E-state index contributed by atoms with van der Waals surface area (Å²) in [5, 5.41) is 23.4. The number of phenolic OH excluding ortho intramolecular Hbond substituents is 1. The molecular formula is C18H20N2O4S2. The number of rotatable bonds is 3. The Balaban J connectivity index is 1.95. The average molecular weight is 393 g/mol. The van der Waals surface area contributed by atoms with Crippen molar-refractivity contribution in [3.63, 3.8) is 0 Å². The number of aliphatic hydroxyl groups excluding tert-OH is 1. The zero-order chi connectivity index (χ0) is 18.9. The SMILES string of the molecule is Cc1ccc(NC(=S)N(c2cccc(O)c2)[C@H]2CS(=O)(=O)C[C@@H]2O)cc1. The summed E-state index contributed by atoms with van der Waals surface area (Å²) in [5.74, 6) is -0.486. The molecule has 6 nitrogen and oxygen atoms in total. The summed E-state index contributed by atoms with van der Waals surface area (Å²) in [5.41, 5.74) is 2.36. The molecule has 2 aromatic rings. The van der Waals surface area contributed by atoms with E-state index in [9.17, 15) is 18.6 Å². The number of aryl methyl sites for hydroxylation is 1. The molecule has 8 heteroatoms. The number of hydrogen-bond acceptors (Lipinski definition) is 5. The van der Waals surface area contributed by atoms with Crippen molar-refractivity contribution in [2.45, 2.75) is 19.1 Å². The van der Waals surface area contributed by atoms with Crippen molar-refractivity contribution in [2.24, 2.45) is 0 Å². The molecule has 0 amide bonds. The van der Waals surface area contributed by atoms with E-state index in [-0.39, 0.29) is 22.4 Å². The molecule has 2 atom stereocenters. The highest BCUT2D eigenvalue weighted by molar-refractivity contribution is 7.91. The second kappa shape index (κ2) is 7.22. The standard InChI is InChI=1S/C18H20N2O4S2/c1-12-5-7-13(8-6-12)19-18(25)20(14-3-2-4-15(21)9-14)16-10-26(23,24)11-17(16)22/h2-9,16-17,21-22H,10-11H2,1H3,(H,19,25)/t16-,17-/m0/s1. The Kier molecular flexibility index (Phi) is 5.17. The van der Waals surface area contributed by atoms with Crippen LogP contribution in [-0.2, 0) is 9.84 Å². The highest BCUT2D eigenvalue weighted by Gasteiger charge is 2.41. The van der Waals surface area contributed by atoms with Gasteiger partial charge in [0.1, 0.15) is 5.75 Å². The van der Waals surface area contributed by atoms with Gasteiger partial charge in [0.25, 0.3) is 0 Å². The maximum absolute atomic E-state index is 12.0. The quantitative estimate of drug-likeness (QED) is 0.689. The number of thiocarbonyl (C=S) groups is 1. The minimum Gasteiger partial charge on any atom is -0.508 e. The zero-order valence-electron chi connectivity index (χ0n) is 14.2. The van der Waals surface area contributed by atoms with Crippen LogP contribution in [0.2, 0.25) is 0 Å². The number of aromatic hydroxyl groups is 1. The maximum atomic E-state index is 12.0. The Morgan fingerprint density at radius 1 is 1.19 bits per heavy atom. The molecule has 3 N–H and O–H groups in total. The second-order valence-corrected chi connectivity index (χ2v) is 8.94. The number of hydrogen-bond donors (Lipinski definition) is 3. The number of anilines is 2. The molecule has 1 fully saturated rings. The molecule has 2 aromatic carbocycles. The second-order valence-electron chi connectivity index (χ2n) is 6.40. The molecule has 0 saturated carbocycles. The van der Waals surface area contributed by atoms with Gasteiger partial charge in [-0.05, 0) is 43.4 Å². The third kappa shape index (κ3) is 4.14. The van der Waals surface area contributed by atoms with Gasteiger partial charge in [-0.15, -0.1) is 0 Å². The van der Waals surface area contributed by atoms with Gasteiger partial charge in [-0.1, -0.05) is 23.8 Å². The molecule has 0 radical (unpaired) electrons. The first kappa shape index (κ1) is 18.6. The number of aliphatic hydroxyl groups is 1. The molecule has 0 aliphatic carbocycles. The highest BCUT2D eigenvalue weighted by atomic mass is 32.2. The van der Waals surface area contributed by atoms with Gasteiger partial charge in [0.05, 0.1) is 23.7 Å². The molecule has 138 valence electrons. The van der Waals surface area contributed by atoms with Crippen LogP contribution in [0.3, 0.4) is 0 Å². The number of phenols is 1. The minimum atomic E-state index is -3.36. The predicted molar refractivity (Wildman–Crippen MR) is 106 cm³/mol. The van der Waals surface area contributed by atoms with Crippen LogP contribution >= 0.6 is 12.2 Å². The molecule has 1 saturated heterocycles. The van der Waals surface area contributed by atoms with Crippen LogP contribution in [0.15, 0.2) is 48.5 Å². The summed E-state index contributed by atoms with van der Waals surface area (Å²) in [6.45, 7) is 1.97. The fourth-order valence-electron chi connectivity index (χ4n) is 2.98. The predicted octanol–water partition coefficient (Wildman–Crippen LogP) is 2.06. The Morgan fingerprint density at radius 3 is 2.46 bits per heavy atom. The van der Waals surface area contributed by atoms with Crippen molar-refractivity contribution >= 4 is 38.5 Å². The van der Waals surface area contributed by atoms with Gasteiger partial charge in [0.15, 0.2) is 14.9 Å². The summed E-state index contributed by atoms with van der Waals surface area (Å²) in [7, 11) is -3.36. The smallest absolute Gasteiger partial charge is 0.178 e. The average Bonchev–Trinajstić information content (AvgIpc) is 2.82. The van der Waals surface area contributed by atoms with Crippen LogP contribution in [0, 0.1) is 6.92 Å². The van der Waals surface area contributed by atoms with Crippen molar-refractivity contribution in [1.29, 1.82) is 0 Å². The van der Waals surface area contributed by atoms with Gasteiger partial charge in [-0.2, -0.15) is 0 Å². The van der Waals surface area contributed by atoms with Gasteiger partial charge >= 0.3 is 0 Å². The van der Waals surface area contributed by atoms with Gasteiger partial charge in [0, 0.05) is 17.4 Å². The van der Waals surface area contributed by atoms with E-state index in [1.54, 1.807) is 17.0 Å². The Hall–Kier alpha value is -2.16. The fourth-order valence-corrected chi connectivity index (χ4v) is 5.11. The van der Waals surface area contributed by atoms with E-state index in [2.05, 4.69) is 5.32 Å². The monoisotopic (exact) mass is 392 g/mol. The molecular weight excluding hydrogens is 372 g/mol. The van der Waals surface area contributed by atoms with Crippen LogP contribution < -0.4 is 10.2 Å². The van der Waals surface area contributed by atoms with Gasteiger partial charge < -0.3 is 20.4 Å². The van der Waals surface area contributed by atoms with Crippen molar-refractivity contribution < 1.29 is 18.6 Å². The summed E-state index contributed by atoms with van der Waals surface area (Å²) in [4.78, 5) is 1.56. The van der Waals surface area contributed by atoms with Crippen LogP contribution in [0.4, 0.5) is 11.4 Å². The first-order valence-electron chi connectivity index (χ1n) is 8.09. The minimum absolute atomic E-state index is 0.0287. The number of nitrogens with one attached hydrogen (secondary N) is 1. The Morgan fingerprint density at radius 2 is 1.88 bits per heavy atom. The Labute approximate surface area is 158 Å². The molecule has 0 unspecified atom stereocenters. The van der Waals surface area contributed by atoms with E-state index in [0.29, 0.717) is 5.69 Å². The van der Waals surface area contributed by atoms with Crippen molar-refractivity contribution in [3.8, 4) is 5.75 Å². The number of nitrogens with zero attached hydrogens (tertiary/aromatic N) is 1. The van der Waals surface area contributed by atoms with E-state index in [0.717, 1.165) is 11.3 Å². The van der Waals surface area contributed by atoms with E-state index in [1.807, 2.05) is 31.2 Å². The summed E-state index contributed by atoms with van der Waals surface area (Å²) in [6.07, 6.45) is -1.07. The third-order valence-electron chi connectivity index (χ3n) is 4.25. The molecule has 1 heterocycles. The summed E-state index contributed by atoms with van der Waals surface area (Å²) >= 11 is 5.51. The summed E-state index contributed by atoms with van der Waals surface area (Å²) < 4.78 is 23.9. The van der Waals surface area contributed by atoms with Gasteiger partial charge in [0.2, 0.25) is 0 Å². The molecule has 1 aliphatic rings. The first-order chi connectivity index (χ1) is 12.2. The maximum Gasteiger partial charge on any atom is 0.178 e. The first-order valence-corrected chi connectivity index (χ1v) is 10.3. The van der Waals surface area contributed by atoms with E-state index in [1.165, 1.54) is 12.1 Å². The third-order valence-corrected chi connectivity index (χ3v) is 6.25. The number of benzene rings is 2. The van der Waals surface area contributed by atoms with Crippen LogP contribution in [0.25, 0.3) is 0 Å². The van der Waals surface area contributed by atoms with Crippen molar-refractivity contribution in [3.05, 3.63) is 54.1 Å². The molecule has 3 rings (SSSR count). The van der Waals surface area contributed by atoms with E-state index in [4.69, 9.17) is 12.2 Å². The lowest BCUT2D eigenvalue weighted by molar-refractivity contribution is 0.184. The van der Waals surface area contributed by atoms with Crippen LogP contribution in [-0.4, -0.2) is 47.4 Å². The van der Waals surface area contributed by atoms with Gasteiger partial charge in [-0.3, -0.25) is 0 Å². The molecule has 0 bridgehead atoms. The van der Waals surface area contributed by atoms with Crippen LogP contribution in [0.1, 0.15) is 5.56 Å². The van der Waals surface area contributed by atoms with E-state index >= 15 is 0 Å². The molecule has 0 aromatic heterocycles. The van der Waals surface area contributed by atoms with E-state index < -0.39 is 22.0 Å². The number of sulfone groups is 1. The lowest BCUT2D eigenvalue weighted by Crippen LogP contribution is -2.48. The molecule has 26 heavy (non-hydrogen) atoms. The van der Waals surface area contributed by atoms with Gasteiger partial charge in [-0.25, -0.2) is 8.42 Å².